The maximum absolute atomic E-state index is 13.4. The van der Waals surface area contributed by atoms with Crippen molar-refractivity contribution >= 4 is 10.0 Å². The monoisotopic (exact) mass is 368 g/mol. The van der Waals surface area contributed by atoms with Crippen LogP contribution in [-0.2, 0) is 15.4 Å². The van der Waals surface area contributed by atoms with Gasteiger partial charge in [-0.15, -0.1) is 0 Å². The number of nitrogens with zero attached hydrogens (tertiary/aromatic N) is 2. The fourth-order valence-electron chi connectivity index (χ4n) is 3.21. The van der Waals surface area contributed by atoms with Crippen molar-refractivity contribution in [3.8, 4) is 5.75 Å². The second-order valence-electron chi connectivity index (χ2n) is 8.09. The molecular formula is C19H32N2O3S. The van der Waals surface area contributed by atoms with Gasteiger partial charge < -0.3 is 9.64 Å². The Morgan fingerprint density at radius 2 is 1.88 bits per heavy atom. The molecule has 0 amide bonds. The van der Waals surface area contributed by atoms with Gasteiger partial charge in [-0.1, -0.05) is 33.3 Å². The summed E-state index contributed by atoms with van der Waals surface area (Å²) in [5.41, 5.74) is 0.868. The summed E-state index contributed by atoms with van der Waals surface area (Å²) < 4.78 is 33.8. The van der Waals surface area contributed by atoms with E-state index in [0.717, 1.165) is 24.8 Å². The van der Waals surface area contributed by atoms with Crippen molar-refractivity contribution in [2.75, 3.05) is 34.3 Å². The van der Waals surface area contributed by atoms with Gasteiger partial charge in [-0.3, -0.25) is 0 Å². The minimum absolute atomic E-state index is 0.124. The van der Waals surface area contributed by atoms with E-state index in [1.54, 1.807) is 16.4 Å². The smallest absolute Gasteiger partial charge is 0.246 e. The molecule has 0 bridgehead atoms. The summed E-state index contributed by atoms with van der Waals surface area (Å²) in [5.74, 6) is 0.415. The summed E-state index contributed by atoms with van der Waals surface area (Å²) in [6.45, 7) is 7.34. The second-order valence-corrected chi connectivity index (χ2v) is 10.00. The average Bonchev–Trinajstić information content (AvgIpc) is 2.80. The highest BCUT2D eigenvalue weighted by Crippen LogP contribution is 2.33. The van der Waals surface area contributed by atoms with Crippen LogP contribution in [0.5, 0.6) is 5.75 Å². The molecular weight excluding hydrogens is 336 g/mol. The van der Waals surface area contributed by atoms with Crippen molar-refractivity contribution in [1.82, 2.24) is 9.21 Å². The van der Waals surface area contributed by atoms with Gasteiger partial charge in [0.05, 0.1) is 7.11 Å². The number of benzene rings is 1. The van der Waals surface area contributed by atoms with Crippen molar-refractivity contribution in [3.05, 3.63) is 23.8 Å². The predicted octanol–water partition coefficient (Wildman–Crippen LogP) is 3.10. The zero-order chi connectivity index (χ0) is 18.8. The molecule has 6 heteroatoms. The average molecular weight is 369 g/mol. The number of sulfonamides is 1. The molecule has 1 heterocycles. The summed E-state index contributed by atoms with van der Waals surface area (Å²) in [5, 5.41) is 0. The van der Waals surface area contributed by atoms with E-state index in [1.165, 1.54) is 7.11 Å². The molecule has 142 valence electrons. The maximum atomic E-state index is 13.4. The van der Waals surface area contributed by atoms with E-state index in [1.807, 2.05) is 20.2 Å². The van der Waals surface area contributed by atoms with E-state index in [-0.39, 0.29) is 16.4 Å². The number of rotatable bonds is 4. The molecule has 2 rings (SSSR count). The maximum Gasteiger partial charge on any atom is 0.246 e. The minimum atomic E-state index is -3.60. The molecule has 0 N–H and O–H groups in total. The molecule has 1 aliphatic heterocycles. The Hall–Kier alpha value is -1.11. The highest BCUT2D eigenvalue weighted by Gasteiger charge is 2.32. The molecule has 0 saturated carbocycles. The Balaban J connectivity index is 2.47. The standard InChI is InChI=1S/C19H32N2O3S/c1-19(2,3)15-10-11-17(24-6)18(13-15)25(22,23)21-12-8-7-9-16(14-21)20(4)5/h10-11,13,16H,7-9,12,14H2,1-6H3. The van der Waals surface area contributed by atoms with Gasteiger partial charge in [0.15, 0.2) is 0 Å². The molecule has 1 aliphatic rings. The summed E-state index contributed by atoms with van der Waals surface area (Å²) in [7, 11) is 1.96. The highest BCUT2D eigenvalue weighted by atomic mass is 32.2. The number of ether oxygens (including phenoxy) is 1. The first-order chi connectivity index (χ1) is 11.6. The quantitative estimate of drug-likeness (QED) is 0.819. The number of likely N-dealkylation sites (N-methyl/N-ethyl adjacent to an activating group) is 1. The van der Waals surface area contributed by atoms with E-state index in [4.69, 9.17) is 4.74 Å². The van der Waals surface area contributed by atoms with Crippen LogP contribution in [0.2, 0.25) is 0 Å². The van der Waals surface area contributed by atoms with Gasteiger partial charge in [0.1, 0.15) is 10.6 Å². The Kier molecular flexibility index (Phi) is 6.17. The second kappa shape index (κ2) is 7.64. The van der Waals surface area contributed by atoms with Gasteiger partial charge >= 0.3 is 0 Å². The molecule has 1 atom stereocenters. The summed E-state index contributed by atoms with van der Waals surface area (Å²) >= 11 is 0. The molecule has 1 unspecified atom stereocenters. The SMILES string of the molecule is COc1ccc(C(C)(C)C)cc1S(=O)(=O)N1CCCCC(N(C)C)C1. The van der Waals surface area contributed by atoms with Crippen LogP contribution in [0.3, 0.4) is 0 Å². The van der Waals surface area contributed by atoms with Crippen molar-refractivity contribution in [1.29, 1.82) is 0 Å². The highest BCUT2D eigenvalue weighted by molar-refractivity contribution is 7.89. The largest absolute Gasteiger partial charge is 0.495 e. The van der Waals surface area contributed by atoms with Crippen LogP contribution in [0, 0.1) is 0 Å². The molecule has 1 aromatic rings. The van der Waals surface area contributed by atoms with Crippen LogP contribution in [0.4, 0.5) is 0 Å². The van der Waals surface area contributed by atoms with E-state index in [9.17, 15) is 8.42 Å². The van der Waals surface area contributed by atoms with E-state index < -0.39 is 10.0 Å². The first-order valence-electron chi connectivity index (χ1n) is 8.92. The molecule has 25 heavy (non-hydrogen) atoms. The third-order valence-electron chi connectivity index (χ3n) is 4.99. The van der Waals surface area contributed by atoms with Crippen LogP contribution < -0.4 is 4.74 Å². The minimum Gasteiger partial charge on any atom is -0.495 e. The van der Waals surface area contributed by atoms with Gasteiger partial charge in [0, 0.05) is 19.1 Å². The van der Waals surface area contributed by atoms with Crippen molar-refractivity contribution in [3.63, 3.8) is 0 Å². The Morgan fingerprint density at radius 3 is 2.44 bits per heavy atom. The molecule has 1 fully saturated rings. The Labute approximate surface area is 153 Å². The number of hydrogen-bond donors (Lipinski definition) is 0. The van der Waals surface area contributed by atoms with E-state index >= 15 is 0 Å². The molecule has 1 saturated heterocycles. The van der Waals surface area contributed by atoms with E-state index in [2.05, 4.69) is 25.7 Å². The third-order valence-corrected chi connectivity index (χ3v) is 6.87. The lowest BCUT2D eigenvalue weighted by Crippen LogP contribution is -2.42. The van der Waals surface area contributed by atoms with Crippen molar-refractivity contribution in [2.45, 2.75) is 56.4 Å². The van der Waals surface area contributed by atoms with Crippen LogP contribution >= 0.6 is 0 Å². The van der Waals surface area contributed by atoms with Gasteiger partial charge in [0.25, 0.3) is 0 Å². The predicted molar refractivity (Wildman–Crippen MR) is 102 cm³/mol. The van der Waals surface area contributed by atoms with Gasteiger partial charge in [-0.2, -0.15) is 4.31 Å². The third kappa shape index (κ3) is 4.54. The number of methoxy groups -OCH3 is 1. The van der Waals surface area contributed by atoms with Gasteiger partial charge in [0.2, 0.25) is 10.0 Å². The van der Waals surface area contributed by atoms with Crippen LogP contribution in [0.25, 0.3) is 0 Å². The molecule has 0 spiro atoms. The molecule has 0 radical (unpaired) electrons. The normalized spacial score (nSPS) is 20.5. The molecule has 1 aromatic carbocycles. The van der Waals surface area contributed by atoms with Gasteiger partial charge in [-0.25, -0.2) is 8.42 Å². The zero-order valence-corrected chi connectivity index (χ0v) is 17.2. The first-order valence-corrected chi connectivity index (χ1v) is 10.4. The van der Waals surface area contributed by atoms with Crippen molar-refractivity contribution in [2.24, 2.45) is 0 Å². The topological polar surface area (TPSA) is 49.9 Å². The number of hydrogen-bond acceptors (Lipinski definition) is 4. The Bertz CT molecular complexity index is 693. The fraction of sp³-hybridized carbons (Fsp3) is 0.684. The summed E-state index contributed by atoms with van der Waals surface area (Å²) in [4.78, 5) is 2.40. The first kappa shape index (κ1) is 20.2. The van der Waals surface area contributed by atoms with Crippen LogP contribution in [0.15, 0.2) is 23.1 Å². The van der Waals surface area contributed by atoms with Crippen molar-refractivity contribution < 1.29 is 13.2 Å². The summed E-state index contributed by atoms with van der Waals surface area (Å²) in [6.07, 6.45) is 2.97. The van der Waals surface area contributed by atoms with Crippen LogP contribution in [0.1, 0.15) is 45.6 Å². The van der Waals surface area contributed by atoms with E-state index in [0.29, 0.717) is 18.8 Å². The molecule has 0 aliphatic carbocycles. The Morgan fingerprint density at radius 1 is 1.20 bits per heavy atom. The molecule has 5 nitrogen and oxygen atoms in total. The molecule has 0 aromatic heterocycles. The fourth-order valence-corrected chi connectivity index (χ4v) is 4.91. The summed E-state index contributed by atoms with van der Waals surface area (Å²) in [6, 6.07) is 5.75. The zero-order valence-electron chi connectivity index (χ0n) is 16.4. The lowest BCUT2D eigenvalue weighted by Gasteiger charge is -2.29. The van der Waals surface area contributed by atoms with Crippen LogP contribution in [-0.4, -0.2) is 58.0 Å². The van der Waals surface area contributed by atoms with Gasteiger partial charge in [-0.05, 0) is 50.0 Å². The lowest BCUT2D eigenvalue weighted by molar-refractivity contribution is 0.248. The lowest BCUT2D eigenvalue weighted by atomic mass is 9.87.